The van der Waals surface area contributed by atoms with Gasteiger partial charge in [-0.3, -0.25) is 0 Å². The number of hydrogen-bond acceptors (Lipinski definition) is 6. The van der Waals surface area contributed by atoms with E-state index in [1.54, 1.807) is 0 Å². The molecule has 33 heavy (non-hydrogen) atoms. The Kier molecular flexibility index (Phi) is 8.29. The summed E-state index contributed by atoms with van der Waals surface area (Å²) in [7, 11) is 0. The molecule has 5 nitrogen and oxygen atoms in total. The Hall–Kier alpha value is -2.68. The van der Waals surface area contributed by atoms with Gasteiger partial charge in [0.25, 0.3) is 6.43 Å². The predicted molar refractivity (Wildman–Crippen MR) is 128 cm³/mol. The summed E-state index contributed by atoms with van der Waals surface area (Å²) in [5, 5.41) is 23.6. The van der Waals surface area contributed by atoms with Gasteiger partial charge in [0.2, 0.25) is 0 Å². The SMILES string of the molecule is CCc1c(C#N)c(SC(C)c2ccccc2)nc(N2CCC(C)(NCC(F)F)CC2)c1C#N. The van der Waals surface area contributed by atoms with Crippen LogP contribution in [-0.2, 0) is 6.42 Å². The molecule has 1 fully saturated rings. The van der Waals surface area contributed by atoms with Crippen LogP contribution in [0.2, 0.25) is 0 Å². The summed E-state index contributed by atoms with van der Waals surface area (Å²) in [5.74, 6) is 0.590. The minimum atomic E-state index is -2.39. The van der Waals surface area contributed by atoms with Gasteiger partial charge in [-0.15, -0.1) is 0 Å². The van der Waals surface area contributed by atoms with Crippen molar-refractivity contribution in [2.45, 2.75) is 62.3 Å². The molecule has 0 aliphatic carbocycles. The molecule has 1 aliphatic heterocycles. The highest BCUT2D eigenvalue weighted by atomic mass is 32.2. The first-order chi connectivity index (χ1) is 15.8. The summed E-state index contributed by atoms with van der Waals surface area (Å²) in [6, 6.07) is 14.6. The van der Waals surface area contributed by atoms with Crippen molar-refractivity contribution in [3.05, 3.63) is 52.6 Å². The van der Waals surface area contributed by atoms with E-state index >= 15 is 0 Å². The number of nitrogens with zero attached hydrogens (tertiary/aromatic N) is 4. The third-order valence-electron chi connectivity index (χ3n) is 6.23. The van der Waals surface area contributed by atoms with Gasteiger partial charge in [0.15, 0.2) is 0 Å². The van der Waals surface area contributed by atoms with Crippen LogP contribution in [0.1, 0.15) is 61.1 Å². The Bertz CT molecular complexity index is 1040. The molecular weight excluding hydrogens is 440 g/mol. The number of anilines is 1. The van der Waals surface area contributed by atoms with E-state index in [0.29, 0.717) is 54.3 Å². The van der Waals surface area contributed by atoms with Crippen molar-refractivity contribution in [1.82, 2.24) is 10.3 Å². The van der Waals surface area contributed by atoms with Crippen LogP contribution < -0.4 is 10.2 Å². The van der Waals surface area contributed by atoms with Gasteiger partial charge in [-0.05, 0) is 44.2 Å². The van der Waals surface area contributed by atoms with Crippen LogP contribution in [0.15, 0.2) is 35.4 Å². The molecule has 174 valence electrons. The second-order valence-electron chi connectivity index (χ2n) is 8.54. The van der Waals surface area contributed by atoms with Gasteiger partial charge in [0.05, 0.1) is 17.7 Å². The fourth-order valence-corrected chi connectivity index (χ4v) is 5.22. The number of hydrogen-bond donors (Lipinski definition) is 1. The number of nitriles is 2. The second kappa shape index (κ2) is 11.0. The Labute approximate surface area is 198 Å². The Morgan fingerprint density at radius 1 is 1.15 bits per heavy atom. The Morgan fingerprint density at radius 2 is 1.79 bits per heavy atom. The molecule has 1 aliphatic rings. The van der Waals surface area contributed by atoms with Crippen LogP contribution >= 0.6 is 11.8 Å². The third-order valence-corrected chi connectivity index (χ3v) is 7.38. The van der Waals surface area contributed by atoms with Crippen molar-refractivity contribution in [1.29, 1.82) is 10.5 Å². The zero-order chi connectivity index (χ0) is 24.0. The van der Waals surface area contributed by atoms with Crippen LogP contribution in [0.3, 0.4) is 0 Å². The quantitative estimate of drug-likeness (QED) is 0.518. The summed E-state index contributed by atoms with van der Waals surface area (Å²) < 4.78 is 25.4. The molecule has 2 aromatic rings. The summed E-state index contributed by atoms with van der Waals surface area (Å²) in [6.07, 6.45) is -0.507. The van der Waals surface area contributed by atoms with Gasteiger partial charge >= 0.3 is 0 Å². The molecule has 0 saturated carbocycles. The van der Waals surface area contributed by atoms with Gasteiger partial charge in [0, 0.05) is 23.9 Å². The van der Waals surface area contributed by atoms with Gasteiger partial charge in [-0.25, -0.2) is 13.8 Å². The Balaban J connectivity index is 1.93. The first-order valence-corrected chi connectivity index (χ1v) is 12.1. The lowest BCUT2D eigenvalue weighted by Gasteiger charge is -2.41. The van der Waals surface area contributed by atoms with Gasteiger partial charge in [-0.2, -0.15) is 10.5 Å². The molecule has 1 aromatic carbocycles. The molecule has 1 unspecified atom stereocenters. The number of rotatable bonds is 8. The lowest BCUT2D eigenvalue weighted by atomic mass is 9.89. The molecule has 0 amide bonds. The molecule has 0 spiro atoms. The van der Waals surface area contributed by atoms with Gasteiger partial charge in [-0.1, -0.05) is 49.0 Å². The number of thioether (sulfide) groups is 1. The number of piperidine rings is 1. The molecule has 0 bridgehead atoms. The molecule has 2 heterocycles. The van der Waals surface area contributed by atoms with Crippen molar-refractivity contribution in [2.75, 3.05) is 24.5 Å². The average molecular weight is 470 g/mol. The van der Waals surface area contributed by atoms with Crippen LogP contribution in [-0.4, -0.2) is 36.6 Å². The first-order valence-electron chi connectivity index (χ1n) is 11.2. The number of aromatic nitrogens is 1. The van der Waals surface area contributed by atoms with Crippen LogP contribution in [0.5, 0.6) is 0 Å². The summed E-state index contributed by atoms with van der Waals surface area (Å²) in [5.41, 5.74) is 2.38. The number of alkyl halides is 2. The smallest absolute Gasteiger partial charge is 0.250 e. The van der Waals surface area contributed by atoms with Gasteiger partial charge in [0.1, 0.15) is 23.0 Å². The maximum atomic E-state index is 12.7. The average Bonchev–Trinajstić information content (AvgIpc) is 2.83. The number of halogens is 2. The monoisotopic (exact) mass is 469 g/mol. The topological polar surface area (TPSA) is 75.7 Å². The van der Waals surface area contributed by atoms with E-state index in [1.807, 2.05) is 44.2 Å². The summed E-state index contributed by atoms with van der Waals surface area (Å²) >= 11 is 1.52. The van der Waals surface area contributed by atoms with Crippen molar-refractivity contribution in [3.8, 4) is 12.1 Å². The standard InChI is InChI=1S/C25H29F2N5S/c1-4-19-20(14-28)23(32-12-10-25(3,11-13-32)30-16-22(26)27)31-24(21(19)15-29)33-17(2)18-8-6-5-7-9-18/h5-9,17,22,30H,4,10-13,16H2,1-3H3. The van der Waals surface area contributed by atoms with Crippen molar-refractivity contribution < 1.29 is 8.78 Å². The third kappa shape index (κ3) is 5.82. The molecule has 0 radical (unpaired) electrons. The zero-order valence-electron chi connectivity index (χ0n) is 19.2. The normalized spacial score (nSPS) is 16.3. The lowest BCUT2D eigenvalue weighted by Crippen LogP contribution is -2.52. The molecule has 1 saturated heterocycles. The van der Waals surface area contributed by atoms with E-state index in [1.165, 1.54) is 11.8 Å². The molecule has 1 aromatic heterocycles. The largest absolute Gasteiger partial charge is 0.355 e. The molecule has 3 rings (SSSR count). The number of nitrogens with one attached hydrogen (secondary N) is 1. The fraction of sp³-hybridized carbons (Fsp3) is 0.480. The highest BCUT2D eigenvalue weighted by Crippen LogP contribution is 2.40. The van der Waals surface area contributed by atoms with Crippen molar-refractivity contribution in [3.63, 3.8) is 0 Å². The van der Waals surface area contributed by atoms with E-state index in [9.17, 15) is 19.3 Å². The molecule has 1 atom stereocenters. The minimum Gasteiger partial charge on any atom is -0.355 e. The minimum absolute atomic E-state index is 0.0829. The zero-order valence-corrected chi connectivity index (χ0v) is 20.1. The Morgan fingerprint density at radius 3 is 2.33 bits per heavy atom. The highest BCUT2D eigenvalue weighted by molar-refractivity contribution is 7.99. The highest BCUT2D eigenvalue weighted by Gasteiger charge is 2.33. The first kappa shape index (κ1) is 25.0. The van der Waals surface area contributed by atoms with Gasteiger partial charge < -0.3 is 10.2 Å². The number of pyridine rings is 1. The van der Waals surface area contributed by atoms with Crippen LogP contribution in [0, 0.1) is 22.7 Å². The van der Waals surface area contributed by atoms with E-state index in [4.69, 9.17) is 4.98 Å². The van der Waals surface area contributed by atoms with E-state index in [0.717, 1.165) is 11.1 Å². The molecule has 1 N–H and O–H groups in total. The molecule has 8 heteroatoms. The van der Waals surface area contributed by atoms with Crippen molar-refractivity contribution in [2.24, 2.45) is 0 Å². The van der Waals surface area contributed by atoms with E-state index in [-0.39, 0.29) is 17.3 Å². The molecular formula is C25H29F2N5S. The van der Waals surface area contributed by atoms with Crippen LogP contribution in [0.25, 0.3) is 0 Å². The lowest BCUT2D eigenvalue weighted by molar-refractivity contribution is 0.125. The fourth-order valence-electron chi connectivity index (χ4n) is 4.17. The van der Waals surface area contributed by atoms with E-state index < -0.39 is 6.43 Å². The number of benzene rings is 1. The van der Waals surface area contributed by atoms with E-state index in [2.05, 4.69) is 29.3 Å². The second-order valence-corrected chi connectivity index (χ2v) is 9.87. The maximum absolute atomic E-state index is 12.7. The predicted octanol–water partition coefficient (Wildman–Crippen LogP) is 5.45. The summed E-state index contributed by atoms with van der Waals surface area (Å²) in [6.45, 7) is 6.85. The maximum Gasteiger partial charge on any atom is 0.250 e. The van der Waals surface area contributed by atoms with Crippen molar-refractivity contribution >= 4 is 17.6 Å². The van der Waals surface area contributed by atoms with Crippen LogP contribution in [0.4, 0.5) is 14.6 Å². The summed E-state index contributed by atoms with van der Waals surface area (Å²) in [4.78, 5) is 6.90.